The van der Waals surface area contributed by atoms with Crippen LogP contribution < -0.4 is 5.73 Å². The molecule has 1 fully saturated rings. The normalized spacial score (nSPS) is 24.7. The van der Waals surface area contributed by atoms with E-state index in [4.69, 9.17) is 5.73 Å². The highest BCUT2D eigenvalue weighted by atomic mass is 16.2. The second-order valence-electron chi connectivity index (χ2n) is 5.86. The van der Waals surface area contributed by atoms with Crippen LogP contribution in [0.5, 0.6) is 0 Å². The molecule has 1 saturated carbocycles. The summed E-state index contributed by atoms with van der Waals surface area (Å²) in [7, 11) is 0. The molecule has 0 saturated heterocycles. The molecule has 1 amide bonds. The third-order valence-electron chi connectivity index (χ3n) is 4.89. The minimum atomic E-state index is -0.0305. The van der Waals surface area contributed by atoms with Gasteiger partial charge < -0.3 is 10.6 Å². The maximum Gasteiger partial charge on any atom is 0.239 e. The van der Waals surface area contributed by atoms with Gasteiger partial charge in [-0.15, -0.1) is 0 Å². The first-order valence-corrected chi connectivity index (χ1v) is 8.35. The number of hydrogen-bond donors (Lipinski definition) is 1. The number of nitrogens with two attached hydrogens (primary N) is 1. The largest absolute Gasteiger partial charge is 0.342 e. The molecule has 0 aromatic carbocycles. The summed E-state index contributed by atoms with van der Waals surface area (Å²) in [5.74, 6) is 0.814. The topological polar surface area (TPSA) is 49.6 Å². The van der Waals surface area contributed by atoms with Crippen LogP contribution >= 0.6 is 0 Å². The van der Waals surface area contributed by atoms with E-state index in [-0.39, 0.29) is 11.9 Å². The summed E-state index contributed by atoms with van der Waals surface area (Å²) < 4.78 is 0. The third kappa shape index (κ3) is 3.95. The molecule has 0 aromatic rings. The van der Waals surface area contributed by atoms with Gasteiger partial charge in [-0.2, -0.15) is 0 Å². The lowest BCUT2D eigenvalue weighted by molar-refractivity contribution is -0.137. The van der Waals surface area contributed by atoms with Gasteiger partial charge in [0.1, 0.15) is 0 Å². The van der Waals surface area contributed by atoms with Gasteiger partial charge in [0.05, 0.1) is 6.04 Å². The Morgan fingerprint density at radius 3 is 2.25 bits per heavy atom. The molecule has 4 nitrogen and oxygen atoms in total. The van der Waals surface area contributed by atoms with Crippen LogP contribution in [-0.4, -0.2) is 54.0 Å². The minimum absolute atomic E-state index is 0.0305. The van der Waals surface area contributed by atoms with E-state index < -0.39 is 0 Å². The highest BCUT2D eigenvalue weighted by Crippen LogP contribution is 2.29. The average molecular weight is 283 g/mol. The fourth-order valence-electron chi connectivity index (χ4n) is 3.64. The van der Waals surface area contributed by atoms with E-state index in [0.717, 1.165) is 26.2 Å². The summed E-state index contributed by atoms with van der Waals surface area (Å²) >= 11 is 0. The molecule has 4 heteroatoms. The molecule has 0 spiro atoms. The summed E-state index contributed by atoms with van der Waals surface area (Å²) in [6, 6.07) is 0.449. The molecule has 118 valence electrons. The SMILES string of the molecule is CCN(CC)C(=O)C(C)N(CC)C1CCCCC1CN. The first-order valence-electron chi connectivity index (χ1n) is 8.35. The summed E-state index contributed by atoms with van der Waals surface area (Å²) in [5.41, 5.74) is 5.95. The smallest absolute Gasteiger partial charge is 0.239 e. The number of hydrogen-bond acceptors (Lipinski definition) is 3. The zero-order valence-electron chi connectivity index (χ0n) is 13.8. The summed E-state index contributed by atoms with van der Waals surface area (Å²) in [4.78, 5) is 16.9. The fourth-order valence-corrected chi connectivity index (χ4v) is 3.64. The van der Waals surface area contributed by atoms with Crippen LogP contribution in [-0.2, 0) is 4.79 Å². The number of nitrogens with zero attached hydrogens (tertiary/aromatic N) is 2. The van der Waals surface area contributed by atoms with Crippen LogP contribution in [0.1, 0.15) is 53.4 Å². The van der Waals surface area contributed by atoms with Crippen molar-refractivity contribution in [1.29, 1.82) is 0 Å². The molecule has 1 rings (SSSR count). The van der Waals surface area contributed by atoms with Gasteiger partial charge in [0.2, 0.25) is 5.91 Å². The monoisotopic (exact) mass is 283 g/mol. The van der Waals surface area contributed by atoms with E-state index in [9.17, 15) is 4.79 Å². The lowest BCUT2D eigenvalue weighted by atomic mass is 9.83. The Morgan fingerprint density at radius 1 is 1.15 bits per heavy atom. The van der Waals surface area contributed by atoms with Crippen molar-refractivity contribution in [2.24, 2.45) is 11.7 Å². The van der Waals surface area contributed by atoms with Crippen LogP contribution in [0, 0.1) is 5.92 Å². The fraction of sp³-hybridized carbons (Fsp3) is 0.938. The van der Waals surface area contributed by atoms with Gasteiger partial charge in [-0.3, -0.25) is 9.69 Å². The maximum atomic E-state index is 12.6. The molecular formula is C16H33N3O. The van der Waals surface area contributed by atoms with Crippen LogP contribution in [0.25, 0.3) is 0 Å². The zero-order chi connectivity index (χ0) is 15.1. The Labute approximate surface area is 124 Å². The van der Waals surface area contributed by atoms with Crippen molar-refractivity contribution < 1.29 is 4.79 Å². The molecule has 3 unspecified atom stereocenters. The number of rotatable bonds is 7. The Bertz CT molecular complexity index is 291. The van der Waals surface area contributed by atoms with Crippen molar-refractivity contribution in [3.8, 4) is 0 Å². The zero-order valence-corrected chi connectivity index (χ0v) is 13.8. The van der Waals surface area contributed by atoms with E-state index in [1.807, 2.05) is 18.7 Å². The molecule has 0 aromatic heterocycles. The van der Waals surface area contributed by atoms with Gasteiger partial charge in [-0.1, -0.05) is 19.8 Å². The predicted octanol–water partition coefficient (Wildman–Crippen LogP) is 2.08. The van der Waals surface area contributed by atoms with Gasteiger partial charge >= 0.3 is 0 Å². The van der Waals surface area contributed by atoms with E-state index in [1.54, 1.807) is 0 Å². The van der Waals surface area contributed by atoms with Crippen molar-refractivity contribution in [3.05, 3.63) is 0 Å². The van der Waals surface area contributed by atoms with E-state index >= 15 is 0 Å². The van der Waals surface area contributed by atoms with Crippen molar-refractivity contribution in [2.45, 2.75) is 65.5 Å². The molecule has 0 radical (unpaired) electrons. The highest BCUT2D eigenvalue weighted by Gasteiger charge is 2.34. The van der Waals surface area contributed by atoms with Crippen molar-refractivity contribution >= 4 is 5.91 Å². The van der Waals surface area contributed by atoms with Crippen LogP contribution in [0.3, 0.4) is 0 Å². The Kier molecular flexibility index (Phi) is 7.52. The van der Waals surface area contributed by atoms with Gasteiger partial charge in [0.25, 0.3) is 0 Å². The second-order valence-corrected chi connectivity index (χ2v) is 5.86. The van der Waals surface area contributed by atoms with Crippen LogP contribution in [0.15, 0.2) is 0 Å². The Hall–Kier alpha value is -0.610. The molecule has 0 bridgehead atoms. The number of carbonyl (C=O) groups is 1. The summed E-state index contributed by atoms with van der Waals surface area (Å²) in [5, 5.41) is 0. The van der Waals surface area contributed by atoms with Gasteiger partial charge in [0.15, 0.2) is 0 Å². The lowest BCUT2D eigenvalue weighted by Crippen LogP contribution is -2.54. The van der Waals surface area contributed by atoms with Crippen molar-refractivity contribution in [3.63, 3.8) is 0 Å². The van der Waals surface area contributed by atoms with E-state index in [1.165, 1.54) is 25.7 Å². The number of likely N-dealkylation sites (N-methyl/N-ethyl adjacent to an activating group) is 2. The molecule has 1 aliphatic rings. The minimum Gasteiger partial charge on any atom is -0.342 e. The predicted molar refractivity (Wildman–Crippen MR) is 84.6 cm³/mol. The first kappa shape index (κ1) is 17.4. The van der Waals surface area contributed by atoms with Gasteiger partial charge in [-0.25, -0.2) is 0 Å². The Morgan fingerprint density at radius 2 is 1.75 bits per heavy atom. The molecule has 0 heterocycles. The van der Waals surface area contributed by atoms with Crippen molar-refractivity contribution in [1.82, 2.24) is 9.80 Å². The average Bonchev–Trinajstić information content (AvgIpc) is 2.49. The van der Waals surface area contributed by atoms with Crippen LogP contribution in [0.4, 0.5) is 0 Å². The first-order chi connectivity index (χ1) is 9.60. The third-order valence-corrected chi connectivity index (χ3v) is 4.89. The Balaban J connectivity index is 2.79. The van der Waals surface area contributed by atoms with Crippen molar-refractivity contribution in [2.75, 3.05) is 26.2 Å². The second kappa shape index (κ2) is 8.63. The highest BCUT2D eigenvalue weighted by molar-refractivity contribution is 5.81. The molecule has 2 N–H and O–H groups in total. The molecule has 20 heavy (non-hydrogen) atoms. The quantitative estimate of drug-likeness (QED) is 0.778. The summed E-state index contributed by atoms with van der Waals surface area (Å²) in [6.45, 7) is 11.6. The van der Waals surface area contributed by atoms with Crippen LogP contribution in [0.2, 0.25) is 0 Å². The molecule has 0 aliphatic heterocycles. The maximum absolute atomic E-state index is 12.6. The lowest BCUT2D eigenvalue weighted by Gasteiger charge is -2.42. The summed E-state index contributed by atoms with van der Waals surface area (Å²) in [6.07, 6.45) is 4.95. The number of amides is 1. The standard InChI is InChI=1S/C16H33N3O/c1-5-18(6-2)16(20)13(4)19(7-3)15-11-9-8-10-14(15)12-17/h13-15H,5-12,17H2,1-4H3. The molecular weight excluding hydrogens is 250 g/mol. The molecule has 3 atom stereocenters. The van der Waals surface area contributed by atoms with E-state index in [0.29, 0.717) is 12.0 Å². The number of carbonyl (C=O) groups excluding carboxylic acids is 1. The van der Waals surface area contributed by atoms with E-state index in [2.05, 4.69) is 18.7 Å². The van der Waals surface area contributed by atoms with Gasteiger partial charge in [0, 0.05) is 19.1 Å². The van der Waals surface area contributed by atoms with Gasteiger partial charge in [-0.05, 0) is 52.6 Å². The molecule has 1 aliphatic carbocycles.